The molecule has 1 aromatic rings. The number of esters is 1. The van der Waals surface area contributed by atoms with Crippen LogP contribution in [0.1, 0.15) is 122 Å². The number of ether oxygens (including phenoxy) is 2. The number of aliphatic carboxylic acids is 1. The molecule has 1 heterocycles. The van der Waals surface area contributed by atoms with Crippen molar-refractivity contribution >= 4 is 23.9 Å². The van der Waals surface area contributed by atoms with Gasteiger partial charge in [0.25, 0.3) is 5.91 Å². The lowest BCUT2D eigenvalue weighted by Crippen LogP contribution is -2.68. The van der Waals surface area contributed by atoms with E-state index in [0.29, 0.717) is 24.8 Å². The second kappa shape index (κ2) is 19.2. The molecule has 1 saturated heterocycles. The topological polar surface area (TPSA) is 145 Å². The first-order chi connectivity index (χ1) is 20.3. The summed E-state index contributed by atoms with van der Waals surface area (Å²) in [5.74, 6) is -4.24. The van der Waals surface area contributed by atoms with E-state index in [9.17, 15) is 24.3 Å². The highest BCUT2D eigenvalue weighted by atomic mass is 16.6. The van der Waals surface area contributed by atoms with Gasteiger partial charge in [0.1, 0.15) is 12.7 Å². The fourth-order valence-corrected chi connectivity index (χ4v) is 5.82. The van der Waals surface area contributed by atoms with Gasteiger partial charge in [-0.15, -0.1) is 0 Å². The molecule has 1 unspecified atom stereocenters. The third-order valence-electron chi connectivity index (χ3n) is 8.41. The zero-order valence-corrected chi connectivity index (χ0v) is 25.6. The molecule has 0 bridgehead atoms. The number of rotatable bonds is 23. The Hall–Kier alpha value is -3.10. The van der Waals surface area contributed by atoms with Gasteiger partial charge in [-0.25, -0.2) is 9.59 Å². The summed E-state index contributed by atoms with van der Waals surface area (Å²) < 4.78 is 10.8. The molecule has 4 N–H and O–H groups in total. The van der Waals surface area contributed by atoms with Crippen LogP contribution in [0.15, 0.2) is 30.3 Å². The molecule has 0 radical (unpaired) electrons. The molecule has 2 rings (SSSR count). The van der Waals surface area contributed by atoms with E-state index in [0.717, 1.165) is 51.4 Å². The molecule has 9 nitrogen and oxygen atoms in total. The van der Waals surface area contributed by atoms with Crippen LogP contribution in [0.4, 0.5) is 4.79 Å². The van der Waals surface area contributed by atoms with Crippen molar-refractivity contribution in [3.63, 3.8) is 0 Å². The summed E-state index contributed by atoms with van der Waals surface area (Å²) in [6.45, 7) is 4.21. The SMILES string of the molecule is CCCCCCCCCCCC(C[C@@H]1OC(=O)[C@H]1CCCCCC)[C@@](NC(=O)OCc1ccccc1)(C(N)=O)C(=O)O. The van der Waals surface area contributed by atoms with Gasteiger partial charge in [-0.2, -0.15) is 0 Å². The molecule has 1 fully saturated rings. The Morgan fingerprint density at radius 1 is 0.929 bits per heavy atom. The predicted octanol–water partition coefficient (Wildman–Crippen LogP) is 6.66. The van der Waals surface area contributed by atoms with Crippen LogP contribution in [0, 0.1) is 11.8 Å². The molecule has 0 aromatic heterocycles. The first-order valence-electron chi connectivity index (χ1n) is 16.0. The van der Waals surface area contributed by atoms with Crippen molar-refractivity contribution in [1.82, 2.24) is 5.32 Å². The molecule has 0 spiro atoms. The summed E-state index contributed by atoms with van der Waals surface area (Å²) >= 11 is 0. The Kier molecular flexibility index (Phi) is 16.0. The zero-order valence-electron chi connectivity index (χ0n) is 25.6. The number of cyclic esters (lactones) is 1. The van der Waals surface area contributed by atoms with E-state index in [1.165, 1.54) is 25.7 Å². The number of nitrogens with two attached hydrogens (primary N) is 1. The lowest BCUT2D eigenvalue weighted by Gasteiger charge is -2.41. The Bertz CT molecular complexity index is 954. The molecular weight excluding hydrogens is 536 g/mol. The van der Waals surface area contributed by atoms with Crippen molar-refractivity contribution in [2.75, 3.05) is 0 Å². The second-order valence-corrected chi connectivity index (χ2v) is 11.6. The van der Waals surface area contributed by atoms with Gasteiger partial charge in [0.2, 0.25) is 5.54 Å². The molecule has 1 aliphatic heterocycles. The summed E-state index contributed by atoms with van der Waals surface area (Å²) in [7, 11) is 0. The van der Waals surface area contributed by atoms with Crippen LogP contribution in [-0.4, -0.2) is 40.7 Å². The van der Waals surface area contributed by atoms with Crippen LogP contribution < -0.4 is 11.1 Å². The summed E-state index contributed by atoms with van der Waals surface area (Å²) in [6.07, 6.45) is 13.2. The molecule has 236 valence electrons. The summed E-state index contributed by atoms with van der Waals surface area (Å²) in [5, 5.41) is 12.7. The van der Waals surface area contributed by atoms with Crippen molar-refractivity contribution in [2.24, 2.45) is 17.6 Å². The van der Waals surface area contributed by atoms with Gasteiger partial charge in [-0.05, 0) is 24.8 Å². The maximum atomic E-state index is 12.9. The normalized spacial score (nSPS) is 18.3. The number of unbranched alkanes of at least 4 members (excludes halogenated alkanes) is 11. The highest BCUT2D eigenvalue weighted by molar-refractivity contribution is 6.08. The largest absolute Gasteiger partial charge is 0.479 e. The van der Waals surface area contributed by atoms with E-state index in [1.54, 1.807) is 24.3 Å². The second-order valence-electron chi connectivity index (χ2n) is 11.6. The minimum atomic E-state index is -2.40. The highest BCUT2D eigenvalue weighted by Crippen LogP contribution is 2.38. The molecule has 0 saturated carbocycles. The minimum absolute atomic E-state index is 0.0931. The standard InChI is InChI=1S/C33H52N2O7/c1-3-5-7-9-10-11-12-13-17-21-26(23-28-27(29(36)42-28)22-18-8-6-4-2)33(30(34)37,31(38)39)35-32(40)41-24-25-19-15-14-16-20-25/h14-16,19-20,26-28H,3-13,17-18,21-24H2,1-2H3,(H2,34,37)(H,35,40)(H,38,39)/t26?,27-,28-,33+/m0/s1. The zero-order chi connectivity index (χ0) is 30.8. The van der Waals surface area contributed by atoms with E-state index in [4.69, 9.17) is 15.2 Å². The van der Waals surface area contributed by atoms with Gasteiger partial charge in [-0.3, -0.25) is 14.9 Å². The number of carboxylic acids is 1. The smallest absolute Gasteiger partial charge is 0.408 e. The van der Waals surface area contributed by atoms with Crippen molar-refractivity contribution in [1.29, 1.82) is 0 Å². The number of carboxylic acid groups (broad SMARTS) is 1. The molecule has 1 aromatic carbocycles. The van der Waals surface area contributed by atoms with Gasteiger partial charge < -0.3 is 20.3 Å². The molecule has 9 heteroatoms. The van der Waals surface area contributed by atoms with E-state index in [2.05, 4.69) is 19.2 Å². The van der Waals surface area contributed by atoms with Crippen molar-refractivity contribution < 1.29 is 33.8 Å². The number of carbonyl (C=O) groups excluding carboxylic acids is 3. The first kappa shape index (κ1) is 35.1. The van der Waals surface area contributed by atoms with Gasteiger partial charge in [-0.1, -0.05) is 128 Å². The minimum Gasteiger partial charge on any atom is -0.479 e. The Balaban J connectivity index is 2.14. The predicted molar refractivity (Wildman–Crippen MR) is 161 cm³/mol. The van der Waals surface area contributed by atoms with E-state index < -0.39 is 35.5 Å². The molecule has 1 aliphatic rings. The third kappa shape index (κ3) is 11.0. The number of hydrogen-bond acceptors (Lipinski definition) is 6. The van der Waals surface area contributed by atoms with E-state index in [1.807, 2.05) is 6.07 Å². The number of hydrogen-bond donors (Lipinski definition) is 3. The van der Waals surface area contributed by atoms with Gasteiger partial charge in [0, 0.05) is 5.92 Å². The summed E-state index contributed by atoms with van der Waals surface area (Å²) in [5.41, 5.74) is 4.07. The van der Waals surface area contributed by atoms with E-state index in [-0.39, 0.29) is 24.9 Å². The average Bonchev–Trinajstić information content (AvgIpc) is 2.97. The summed E-state index contributed by atoms with van der Waals surface area (Å²) in [6, 6.07) is 8.95. The van der Waals surface area contributed by atoms with Gasteiger partial charge in [0.15, 0.2) is 0 Å². The first-order valence-corrected chi connectivity index (χ1v) is 16.0. The fourth-order valence-electron chi connectivity index (χ4n) is 5.82. The molecular formula is C33H52N2O7. The molecule has 4 atom stereocenters. The van der Waals surface area contributed by atoms with Crippen molar-refractivity contribution in [2.45, 2.75) is 135 Å². The summed E-state index contributed by atoms with van der Waals surface area (Å²) in [4.78, 5) is 50.9. The van der Waals surface area contributed by atoms with Crippen LogP contribution in [0.25, 0.3) is 0 Å². The number of benzene rings is 1. The molecule has 0 aliphatic carbocycles. The number of primary amides is 1. The Labute approximate surface area is 251 Å². The maximum Gasteiger partial charge on any atom is 0.408 e. The fraction of sp³-hybridized carbons (Fsp3) is 0.697. The van der Waals surface area contributed by atoms with Crippen molar-refractivity contribution in [3.05, 3.63) is 35.9 Å². The van der Waals surface area contributed by atoms with E-state index >= 15 is 0 Å². The molecule has 42 heavy (non-hydrogen) atoms. The Morgan fingerprint density at radius 3 is 2.05 bits per heavy atom. The van der Waals surface area contributed by atoms with Crippen LogP contribution in [-0.2, 0) is 30.5 Å². The number of nitrogens with one attached hydrogen (secondary N) is 1. The Morgan fingerprint density at radius 2 is 1.50 bits per heavy atom. The number of carbonyl (C=O) groups is 4. The highest BCUT2D eigenvalue weighted by Gasteiger charge is 2.55. The third-order valence-corrected chi connectivity index (χ3v) is 8.41. The number of amides is 2. The lowest BCUT2D eigenvalue weighted by molar-refractivity contribution is -0.188. The van der Waals surface area contributed by atoms with Gasteiger partial charge >= 0.3 is 18.0 Å². The van der Waals surface area contributed by atoms with Crippen LogP contribution >= 0.6 is 0 Å². The van der Waals surface area contributed by atoms with Crippen LogP contribution in [0.3, 0.4) is 0 Å². The quantitative estimate of drug-likeness (QED) is 0.0736. The lowest BCUT2D eigenvalue weighted by atomic mass is 9.73. The van der Waals surface area contributed by atoms with Crippen LogP contribution in [0.5, 0.6) is 0 Å². The average molecular weight is 589 g/mol. The van der Waals surface area contributed by atoms with Gasteiger partial charge in [0.05, 0.1) is 5.92 Å². The number of alkyl carbamates (subject to hydrolysis) is 1. The van der Waals surface area contributed by atoms with Crippen LogP contribution in [0.2, 0.25) is 0 Å². The van der Waals surface area contributed by atoms with Crippen molar-refractivity contribution in [3.8, 4) is 0 Å². The maximum absolute atomic E-state index is 12.9. The molecule has 2 amide bonds. The monoisotopic (exact) mass is 588 g/mol.